The number of nitrogen functional groups attached to an aromatic ring is 1. The van der Waals surface area contributed by atoms with E-state index in [0.717, 1.165) is 55.7 Å². The minimum Gasteiger partial charge on any atom is -0.368 e. The van der Waals surface area contributed by atoms with Gasteiger partial charge in [0, 0.05) is 24.8 Å². The summed E-state index contributed by atoms with van der Waals surface area (Å²) in [4.78, 5) is 25.7. The summed E-state index contributed by atoms with van der Waals surface area (Å²) in [5.41, 5.74) is 8.94. The highest BCUT2D eigenvalue weighted by molar-refractivity contribution is 5.78. The SMILES string of the molecule is CCN(CC)C(=O)CN1CCCC[C@@H]1c1nc(N)ncc1-c1ccccc1. The largest absolute Gasteiger partial charge is 0.368 e. The zero-order valence-corrected chi connectivity index (χ0v) is 16.3. The van der Waals surface area contributed by atoms with Crippen LogP contribution in [0.5, 0.6) is 0 Å². The van der Waals surface area contributed by atoms with Crippen molar-refractivity contribution in [3.05, 3.63) is 42.2 Å². The molecule has 0 spiro atoms. The van der Waals surface area contributed by atoms with Gasteiger partial charge < -0.3 is 10.6 Å². The molecule has 1 amide bonds. The minimum atomic E-state index is 0.0822. The van der Waals surface area contributed by atoms with Crippen LogP contribution < -0.4 is 5.73 Å². The highest BCUT2D eigenvalue weighted by atomic mass is 16.2. The van der Waals surface area contributed by atoms with Crippen LogP contribution >= 0.6 is 0 Å². The monoisotopic (exact) mass is 367 g/mol. The van der Waals surface area contributed by atoms with Crippen molar-refractivity contribution in [3.8, 4) is 11.1 Å². The van der Waals surface area contributed by atoms with E-state index < -0.39 is 0 Å². The van der Waals surface area contributed by atoms with Crippen molar-refractivity contribution in [2.45, 2.75) is 39.2 Å². The van der Waals surface area contributed by atoms with Crippen LogP contribution in [-0.2, 0) is 4.79 Å². The Morgan fingerprint density at radius 2 is 1.96 bits per heavy atom. The molecule has 1 aromatic carbocycles. The topological polar surface area (TPSA) is 75.4 Å². The minimum absolute atomic E-state index is 0.0822. The highest BCUT2D eigenvalue weighted by Crippen LogP contribution is 2.35. The Hall–Kier alpha value is -2.47. The average molecular weight is 367 g/mol. The Labute approximate surface area is 161 Å². The summed E-state index contributed by atoms with van der Waals surface area (Å²) in [5.74, 6) is 0.459. The molecule has 1 aliphatic rings. The van der Waals surface area contributed by atoms with Crippen molar-refractivity contribution >= 4 is 11.9 Å². The summed E-state index contributed by atoms with van der Waals surface area (Å²) in [6, 6.07) is 10.2. The Kier molecular flexibility index (Phi) is 6.40. The van der Waals surface area contributed by atoms with E-state index in [2.05, 4.69) is 27.0 Å². The standard InChI is InChI=1S/C21H29N5O/c1-3-25(4-2)19(27)15-26-13-9-8-12-18(26)20-17(14-23-21(22)24-20)16-10-6-5-7-11-16/h5-7,10-11,14,18H,3-4,8-9,12-13,15H2,1-2H3,(H2,22,23,24)/t18-/m1/s1. The van der Waals surface area contributed by atoms with Crippen LogP contribution in [0, 0.1) is 0 Å². The van der Waals surface area contributed by atoms with E-state index >= 15 is 0 Å². The van der Waals surface area contributed by atoms with Crippen molar-refractivity contribution in [1.82, 2.24) is 19.8 Å². The number of likely N-dealkylation sites (N-methyl/N-ethyl adjacent to an activating group) is 1. The number of rotatable bonds is 6. The Morgan fingerprint density at radius 1 is 1.22 bits per heavy atom. The van der Waals surface area contributed by atoms with Gasteiger partial charge in [0.2, 0.25) is 11.9 Å². The molecule has 0 bridgehead atoms. The quantitative estimate of drug-likeness (QED) is 0.849. The van der Waals surface area contributed by atoms with Gasteiger partial charge in [-0.2, -0.15) is 0 Å². The lowest BCUT2D eigenvalue weighted by atomic mass is 9.94. The second kappa shape index (κ2) is 8.95. The number of anilines is 1. The normalized spacial score (nSPS) is 17.6. The van der Waals surface area contributed by atoms with Crippen LogP contribution in [0.3, 0.4) is 0 Å². The van der Waals surface area contributed by atoms with Gasteiger partial charge in [-0.05, 0) is 38.8 Å². The summed E-state index contributed by atoms with van der Waals surface area (Å²) < 4.78 is 0. The van der Waals surface area contributed by atoms with Gasteiger partial charge in [-0.1, -0.05) is 36.8 Å². The van der Waals surface area contributed by atoms with Gasteiger partial charge in [-0.15, -0.1) is 0 Å². The third-order valence-electron chi connectivity index (χ3n) is 5.31. The fourth-order valence-corrected chi connectivity index (χ4v) is 3.84. The molecule has 2 aromatic rings. The van der Waals surface area contributed by atoms with Gasteiger partial charge in [0.15, 0.2) is 0 Å². The molecule has 2 heterocycles. The molecule has 0 aliphatic carbocycles. The molecule has 1 aromatic heterocycles. The van der Waals surface area contributed by atoms with Crippen LogP contribution in [0.15, 0.2) is 36.5 Å². The van der Waals surface area contributed by atoms with E-state index in [9.17, 15) is 4.79 Å². The summed E-state index contributed by atoms with van der Waals surface area (Å²) in [7, 11) is 0. The van der Waals surface area contributed by atoms with Crippen LogP contribution in [0.1, 0.15) is 44.8 Å². The lowest BCUT2D eigenvalue weighted by Crippen LogP contribution is -2.43. The van der Waals surface area contributed by atoms with Crippen LogP contribution in [0.25, 0.3) is 11.1 Å². The molecular weight excluding hydrogens is 338 g/mol. The molecule has 0 unspecified atom stereocenters. The maximum atomic E-state index is 12.7. The molecule has 6 heteroatoms. The molecule has 27 heavy (non-hydrogen) atoms. The molecule has 0 saturated carbocycles. The van der Waals surface area contributed by atoms with Crippen LogP contribution in [0.2, 0.25) is 0 Å². The number of nitrogens with two attached hydrogens (primary N) is 1. The number of hydrogen-bond acceptors (Lipinski definition) is 5. The van der Waals surface area contributed by atoms with E-state index in [1.165, 1.54) is 0 Å². The molecule has 3 rings (SSSR count). The van der Waals surface area contributed by atoms with E-state index in [1.807, 2.05) is 43.1 Å². The summed E-state index contributed by atoms with van der Waals surface area (Å²) in [5, 5.41) is 0. The second-order valence-electron chi connectivity index (χ2n) is 6.94. The molecule has 1 aliphatic heterocycles. The average Bonchev–Trinajstić information content (AvgIpc) is 2.70. The van der Waals surface area contributed by atoms with Crippen molar-refractivity contribution < 1.29 is 4.79 Å². The summed E-state index contributed by atoms with van der Waals surface area (Å²) >= 11 is 0. The first-order valence-corrected chi connectivity index (χ1v) is 9.83. The van der Waals surface area contributed by atoms with E-state index in [0.29, 0.717) is 6.54 Å². The van der Waals surface area contributed by atoms with Gasteiger partial charge in [0.05, 0.1) is 18.3 Å². The molecule has 0 radical (unpaired) electrons. The maximum absolute atomic E-state index is 12.7. The first-order chi connectivity index (χ1) is 13.1. The van der Waals surface area contributed by atoms with Crippen LogP contribution in [-0.4, -0.2) is 51.9 Å². The van der Waals surface area contributed by atoms with Crippen molar-refractivity contribution in [2.24, 2.45) is 0 Å². The molecule has 2 N–H and O–H groups in total. The van der Waals surface area contributed by atoms with Crippen LogP contribution in [0.4, 0.5) is 5.95 Å². The Balaban J connectivity index is 1.93. The zero-order valence-electron chi connectivity index (χ0n) is 16.3. The van der Waals surface area contributed by atoms with Crippen molar-refractivity contribution in [2.75, 3.05) is 31.9 Å². The Bertz CT molecular complexity index is 760. The van der Waals surface area contributed by atoms with E-state index in [4.69, 9.17) is 5.73 Å². The third kappa shape index (κ3) is 4.45. The number of aromatic nitrogens is 2. The predicted molar refractivity (Wildman–Crippen MR) is 108 cm³/mol. The van der Waals surface area contributed by atoms with Crippen molar-refractivity contribution in [1.29, 1.82) is 0 Å². The number of carbonyl (C=O) groups excluding carboxylic acids is 1. The smallest absolute Gasteiger partial charge is 0.236 e. The fourth-order valence-electron chi connectivity index (χ4n) is 3.84. The molecule has 1 saturated heterocycles. The molecular formula is C21H29N5O. The third-order valence-corrected chi connectivity index (χ3v) is 5.31. The summed E-state index contributed by atoms with van der Waals surface area (Å²) in [6.07, 6.45) is 5.01. The van der Waals surface area contributed by atoms with E-state index in [1.54, 1.807) is 0 Å². The first kappa shape index (κ1) is 19.3. The predicted octanol–water partition coefficient (Wildman–Crippen LogP) is 3.12. The maximum Gasteiger partial charge on any atom is 0.236 e. The highest BCUT2D eigenvalue weighted by Gasteiger charge is 2.30. The molecule has 6 nitrogen and oxygen atoms in total. The number of benzene rings is 1. The number of nitrogens with zero attached hydrogens (tertiary/aromatic N) is 4. The summed E-state index contributed by atoms with van der Waals surface area (Å²) in [6.45, 7) is 6.84. The Morgan fingerprint density at radius 3 is 2.67 bits per heavy atom. The van der Waals surface area contributed by atoms with Gasteiger partial charge in [0.1, 0.15) is 0 Å². The lowest BCUT2D eigenvalue weighted by Gasteiger charge is -2.36. The number of amides is 1. The lowest BCUT2D eigenvalue weighted by molar-refractivity contribution is -0.133. The molecule has 1 fully saturated rings. The molecule has 1 atom stereocenters. The fraction of sp³-hybridized carbons (Fsp3) is 0.476. The van der Waals surface area contributed by atoms with Gasteiger partial charge in [-0.3, -0.25) is 9.69 Å². The zero-order chi connectivity index (χ0) is 19.2. The number of carbonyl (C=O) groups is 1. The van der Waals surface area contributed by atoms with E-state index in [-0.39, 0.29) is 17.9 Å². The van der Waals surface area contributed by atoms with Crippen molar-refractivity contribution in [3.63, 3.8) is 0 Å². The number of likely N-dealkylation sites (tertiary alicyclic amines) is 1. The first-order valence-electron chi connectivity index (χ1n) is 9.83. The van der Waals surface area contributed by atoms with Gasteiger partial charge in [0.25, 0.3) is 0 Å². The van der Waals surface area contributed by atoms with Gasteiger partial charge >= 0.3 is 0 Å². The number of piperidine rings is 1. The van der Waals surface area contributed by atoms with Gasteiger partial charge in [-0.25, -0.2) is 9.97 Å². The second-order valence-corrected chi connectivity index (χ2v) is 6.94. The molecule has 144 valence electrons. The number of hydrogen-bond donors (Lipinski definition) is 1.